The number of ether oxygens (including phenoxy) is 5. The summed E-state index contributed by atoms with van der Waals surface area (Å²) in [6.07, 6.45) is -13.8. The van der Waals surface area contributed by atoms with E-state index >= 15 is 4.79 Å². The van der Waals surface area contributed by atoms with Crippen molar-refractivity contribution in [2.75, 3.05) is 6.61 Å². The van der Waals surface area contributed by atoms with Crippen LogP contribution in [-0.4, -0.2) is 122 Å². The molecule has 0 aromatic heterocycles. The Morgan fingerprint density at radius 1 is 0.828 bits per heavy atom. The highest BCUT2D eigenvalue weighted by molar-refractivity contribution is 5.96. The highest BCUT2D eigenvalue weighted by atomic mass is 16.6. The van der Waals surface area contributed by atoms with Crippen LogP contribution in [0.2, 0.25) is 0 Å². The van der Waals surface area contributed by atoms with Gasteiger partial charge in [-0.1, -0.05) is 62.4 Å². The van der Waals surface area contributed by atoms with E-state index in [1.165, 1.54) is 76.2 Å². The molecule has 340 valence electrons. The molecule has 2 bridgehead atoms. The van der Waals surface area contributed by atoms with Crippen LogP contribution in [0, 0.1) is 16.7 Å². The fourth-order valence-corrected chi connectivity index (χ4v) is 10.3. The predicted molar refractivity (Wildman–Crippen MR) is 221 cm³/mol. The summed E-state index contributed by atoms with van der Waals surface area (Å²) in [5.41, 5.74) is -8.35. The Balaban J connectivity index is 1.40. The number of Topliss-reactive ketones (excluding diaryl/α,β-unsaturated/α-hetero) is 1. The van der Waals surface area contributed by atoms with Gasteiger partial charge in [0, 0.05) is 31.2 Å². The van der Waals surface area contributed by atoms with Gasteiger partial charge in [0.05, 0.1) is 35.6 Å². The van der Waals surface area contributed by atoms with Crippen molar-refractivity contribution < 1.29 is 78.0 Å². The Morgan fingerprint density at radius 3 is 1.97 bits per heavy atom. The van der Waals surface area contributed by atoms with Crippen LogP contribution in [0.4, 0.5) is 0 Å². The van der Waals surface area contributed by atoms with E-state index in [1.807, 2.05) is 0 Å². The van der Waals surface area contributed by atoms with Gasteiger partial charge in [-0.15, -0.1) is 0 Å². The van der Waals surface area contributed by atoms with Crippen LogP contribution in [0.25, 0.3) is 0 Å². The third-order valence-corrected chi connectivity index (χ3v) is 13.6. The standard InChI is InChI=1S/C47H51NO16/c1-23-30(62-43(58)33(52)32(26-17-19-29(51)20-18-26)48-41(56)27-13-9-7-10-14-27)21-47(59)40(63-42(57)28-15-11-8-12-16-28)36-45(6,38(55)35(61-24(2)49)31(23)44(47,4)5)37(54)34(53)39-46(36,22-60-39)64-25(3)50/h7-20,30,32-37,39-40,51-54,59H,21-22H2,1-6H3,(H,48,56)/t30?,32?,33?,34?,35?,36?,37?,39?,40?,45-,46+,47+/m0/s1. The van der Waals surface area contributed by atoms with Crippen LogP contribution in [0.15, 0.2) is 96.1 Å². The van der Waals surface area contributed by atoms with Gasteiger partial charge >= 0.3 is 23.9 Å². The van der Waals surface area contributed by atoms with Gasteiger partial charge < -0.3 is 54.5 Å². The van der Waals surface area contributed by atoms with E-state index < -0.39 is 125 Å². The van der Waals surface area contributed by atoms with Crippen molar-refractivity contribution in [1.29, 1.82) is 0 Å². The van der Waals surface area contributed by atoms with Crippen molar-refractivity contribution in [3.05, 3.63) is 113 Å². The zero-order chi connectivity index (χ0) is 46.7. The van der Waals surface area contributed by atoms with E-state index in [1.54, 1.807) is 36.4 Å². The van der Waals surface area contributed by atoms with Gasteiger partial charge in [-0.05, 0) is 67.0 Å². The molecule has 3 aliphatic carbocycles. The molecule has 0 spiro atoms. The number of carbonyl (C=O) groups is 6. The van der Waals surface area contributed by atoms with Crippen LogP contribution in [0.3, 0.4) is 0 Å². The molecule has 12 atom stereocenters. The highest BCUT2D eigenvalue weighted by Crippen LogP contribution is 2.64. The van der Waals surface area contributed by atoms with Gasteiger partial charge in [0.1, 0.15) is 35.8 Å². The predicted octanol–water partition coefficient (Wildman–Crippen LogP) is 2.41. The Kier molecular flexibility index (Phi) is 12.1. The van der Waals surface area contributed by atoms with Crippen molar-refractivity contribution in [2.45, 2.75) is 108 Å². The summed E-state index contributed by atoms with van der Waals surface area (Å²) in [6, 6.07) is 19.4. The molecule has 1 amide bonds. The lowest BCUT2D eigenvalue weighted by molar-refractivity contribution is -0.369. The average molecular weight is 886 g/mol. The number of benzene rings is 3. The van der Waals surface area contributed by atoms with Gasteiger partial charge in [-0.25, -0.2) is 9.59 Å². The largest absolute Gasteiger partial charge is 0.508 e. The number of phenols is 1. The Morgan fingerprint density at radius 2 is 1.42 bits per heavy atom. The summed E-state index contributed by atoms with van der Waals surface area (Å²) in [4.78, 5) is 83.6. The first-order valence-electron chi connectivity index (χ1n) is 20.7. The number of aliphatic hydroxyl groups is 4. The number of hydrogen-bond acceptors (Lipinski definition) is 16. The highest BCUT2D eigenvalue weighted by Gasteiger charge is 2.80. The fraction of sp³-hybridized carbons (Fsp3) is 0.447. The van der Waals surface area contributed by atoms with Crippen LogP contribution >= 0.6 is 0 Å². The molecular formula is C47H51NO16. The van der Waals surface area contributed by atoms with Crippen molar-refractivity contribution in [3.63, 3.8) is 0 Å². The Labute approximate surface area is 367 Å². The summed E-state index contributed by atoms with van der Waals surface area (Å²) in [6.45, 7) is 7.27. The topological polar surface area (TPSA) is 262 Å². The zero-order valence-electron chi connectivity index (χ0n) is 35.9. The molecular weight excluding hydrogens is 835 g/mol. The molecule has 6 N–H and O–H groups in total. The molecule has 1 aliphatic heterocycles. The lowest BCUT2D eigenvalue weighted by atomic mass is 9.44. The number of fused-ring (bicyclic) bond motifs is 5. The van der Waals surface area contributed by atoms with Gasteiger partial charge in [0.15, 0.2) is 23.6 Å². The first-order valence-corrected chi connectivity index (χ1v) is 20.7. The van der Waals surface area contributed by atoms with Crippen molar-refractivity contribution in [2.24, 2.45) is 16.7 Å². The molecule has 1 saturated heterocycles. The number of carbonyl (C=O) groups excluding carboxylic acids is 6. The molecule has 7 rings (SSSR count). The van der Waals surface area contributed by atoms with Gasteiger partial charge in [-0.2, -0.15) is 0 Å². The maximum atomic E-state index is 15.5. The molecule has 3 fully saturated rings. The number of phenolic OH excluding ortho intramolecular Hbond substituents is 1. The minimum absolute atomic E-state index is 0.00259. The molecule has 17 heteroatoms. The summed E-state index contributed by atoms with van der Waals surface area (Å²) in [5.74, 6) is -7.83. The molecule has 2 saturated carbocycles. The lowest BCUT2D eigenvalue weighted by Crippen LogP contribution is -2.85. The molecule has 0 radical (unpaired) electrons. The maximum absolute atomic E-state index is 15.5. The smallest absolute Gasteiger partial charge is 0.338 e. The van der Waals surface area contributed by atoms with Gasteiger partial charge in [0.25, 0.3) is 5.91 Å². The molecule has 1 heterocycles. The fourth-order valence-electron chi connectivity index (χ4n) is 10.3. The monoisotopic (exact) mass is 885 g/mol. The van der Waals surface area contributed by atoms with E-state index in [4.69, 9.17) is 23.7 Å². The van der Waals surface area contributed by atoms with E-state index in [0.29, 0.717) is 0 Å². The Hall–Kier alpha value is -5.98. The summed E-state index contributed by atoms with van der Waals surface area (Å²) in [5, 5.41) is 61.8. The molecule has 3 aromatic carbocycles. The Bertz CT molecular complexity index is 2370. The van der Waals surface area contributed by atoms with Crippen LogP contribution < -0.4 is 5.32 Å². The van der Waals surface area contributed by atoms with Crippen molar-refractivity contribution in [3.8, 4) is 5.75 Å². The minimum atomic E-state index is -2.51. The number of aliphatic hydroxyl groups excluding tert-OH is 3. The summed E-state index contributed by atoms with van der Waals surface area (Å²) < 4.78 is 29.9. The van der Waals surface area contributed by atoms with E-state index in [2.05, 4.69) is 5.32 Å². The normalized spacial score (nSPS) is 32.4. The minimum Gasteiger partial charge on any atom is -0.508 e. The van der Waals surface area contributed by atoms with E-state index in [-0.39, 0.29) is 33.6 Å². The average Bonchev–Trinajstić information content (AvgIpc) is 3.24. The number of ketones is 1. The SMILES string of the molecule is CC(=O)OC1C(=O)[C@]2(C)C(O)C(O)C3OC[C@@]3(OC(C)=O)C2C(OC(=O)c2ccccc2)[C@]2(O)CC(OC(=O)C(O)C(NC(=O)c3ccccc3)c3ccc(O)cc3)C(C)=C1C2(C)C. The van der Waals surface area contributed by atoms with Crippen LogP contribution in [0.1, 0.15) is 80.3 Å². The maximum Gasteiger partial charge on any atom is 0.338 e. The molecule has 17 nitrogen and oxygen atoms in total. The quantitative estimate of drug-likeness (QED) is 0.0970. The van der Waals surface area contributed by atoms with Crippen molar-refractivity contribution >= 4 is 35.6 Å². The summed E-state index contributed by atoms with van der Waals surface area (Å²) >= 11 is 0. The first-order chi connectivity index (χ1) is 30.1. The third kappa shape index (κ3) is 7.44. The van der Waals surface area contributed by atoms with Crippen LogP contribution in [0.5, 0.6) is 5.75 Å². The third-order valence-electron chi connectivity index (χ3n) is 13.6. The number of hydrogen-bond donors (Lipinski definition) is 6. The second kappa shape index (κ2) is 16.9. The summed E-state index contributed by atoms with van der Waals surface area (Å²) in [7, 11) is 0. The van der Waals surface area contributed by atoms with Crippen molar-refractivity contribution in [1.82, 2.24) is 5.32 Å². The number of amides is 1. The number of rotatable bonds is 10. The zero-order valence-corrected chi connectivity index (χ0v) is 35.9. The van der Waals surface area contributed by atoms with E-state index in [0.717, 1.165) is 13.8 Å². The molecule has 64 heavy (non-hydrogen) atoms. The molecule has 4 aliphatic rings. The number of aromatic hydroxyl groups is 1. The van der Waals surface area contributed by atoms with Crippen LogP contribution in [-0.2, 0) is 42.9 Å². The van der Waals surface area contributed by atoms with Gasteiger partial charge in [0.2, 0.25) is 0 Å². The second-order valence-corrected chi connectivity index (χ2v) is 17.7. The number of esters is 4. The first kappa shape index (κ1) is 46.0. The van der Waals surface area contributed by atoms with E-state index in [9.17, 15) is 49.5 Å². The van der Waals surface area contributed by atoms with Gasteiger partial charge in [-0.3, -0.25) is 19.2 Å². The second-order valence-electron chi connectivity index (χ2n) is 17.7. The lowest BCUT2D eigenvalue weighted by Gasteiger charge is -2.68. The molecule has 3 aromatic rings. The molecule has 9 unspecified atom stereocenters. The number of nitrogens with one attached hydrogen (secondary N) is 1.